The van der Waals surface area contributed by atoms with Crippen LogP contribution in [0.3, 0.4) is 0 Å². The fraction of sp³-hybridized carbons (Fsp3) is 0.231. The molecule has 146 heavy (non-hydrogen) atoms. The average molecular weight is 1880 g/mol. The van der Waals surface area contributed by atoms with Crippen molar-refractivity contribution in [1.82, 2.24) is 0 Å². The molecule has 20 aromatic carbocycles. The van der Waals surface area contributed by atoms with Crippen molar-refractivity contribution in [3.05, 3.63) is 475 Å². The second-order valence-electron chi connectivity index (χ2n) is 46.8. The van der Waals surface area contributed by atoms with Crippen LogP contribution in [0.4, 0.5) is 51.2 Å². The first-order valence-corrected chi connectivity index (χ1v) is 55.0. The van der Waals surface area contributed by atoms with Crippen LogP contribution in [-0.4, -0.2) is 0 Å². The highest BCUT2D eigenvalue weighted by Gasteiger charge is 2.66. The molecule has 0 aliphatic heterocycles. The van der Waals surface area contributed by atoms with E-state index < -0.39 is 0 Å². The molecule has 16 aliphatic carbocycles. The Kier molecular flexibility index (Phi) is 19.2. The number of hydrogen-bond donors (Lipinski definition) is 0. The van der Waals surface area contributed by atoms with Gasteiger partial charge in [-0.25, -0.2) is 0 Å². The zero-order chi connectivity index (χ0) is 96.0. The maximum absolute atomic E-state index is 2.66. The van der Waals surface area contributed by atoms with Crippen molar-refractivity contribution in [2.24, 2.45) is 71.0 Å². The third-order valence-electron chi connectivity index (χ3n) is 39.6. The molecule has 0 atom stereocenters. The van der Waals surface area contributed by atoms with Gasteiger partial charge in [0.15, 0.2) is 0 Å². The molecule has 16 aliphatic rings. The van der Waals surface area contributed by atoms with Crippen LogP contribution in [0.2, 0.25) is 0 Å². The van der Waals surface area contributed by atoms with Crippen LogP contribution in [0.1, 0.15) is 155 Å². The molecule has 12 fully saturated rings. The molecule has 0 N–H and O–H groups in total. The minimum absolute atomic E-state index is 0.0190. The minimum Gasteiger partial charge on any atom is -0.310 e. The molecule has 0 amide bonds. The van der Waals surface area contributed by atoms with E-state index in [4.69, 9.17) is 0 Å². The van der Waals surface area contributed by atoms with Gasteiger partial charge in [-0.05, 0) is 389 Å². The zero-order valence-electron chi connectivity index (χ0n) is 83.4. The highest BCUT2D eigenvalue weighted by atomic mass is 15.2. The number of benzene rings is 20. The van der Waals surface area contributed by atoms with Crippen molar-refractivity contribution in [1.29, 1.82) is 0 Å². The summed E-state index contributed by atoms with van der Waals surface area (Å²) in [6.07, 6.45) is 21.0. The minimum atomic E-state index is -0.0190. The lowest BCUT2D eigenvalue weighted by Crippen LogP contribution is -2.55. The summed E-state index contributed by atoms with van der Waals surface area (Å²) in [6.45, 7) is 4.77. The molecule has 0 unspecified atom stereocenters. The normalized spacial score (nSPS) is 25.1. The van der Waals surface area contributed by atoms with Gasteiger partial charge in [-0.15, -0.1) is 0 Å². The van der Waals surface area contributed by atoms with Crippen molar-refractivity contribution >= 4 is 105 Å². The molecule has 12 saturated carbocycles. The van der Waals surface area contributed by atoms with Crippen LogP contribution < -0.4 is 14.7 Å². The molecule has 706 valence electrons. The molecule has 3 spiro atoms. The van der Waals surface area contributed by atoms with Gasteiger partial charge in [0.1, 0.15) is 0 Å². The lowest BCUT2D eigenvalue weighted by Gasteiger charge is -2.61. The van der Waals surface area contributed by atoms with Crippen LogP contribution in [-0.2, 0) is 21.7 Å². The second-order valence-corrected chi connectivity index (χ2v) is 46.8. The Morgan fingerprint density at radius 1 is 0.171 bits per heavy atom. The average Bonchev–Trinajstić information content (AvgIpc) is 1.51. The van der Waals surface area contributed by atoms with Gasteiger partial charge in [-0.3, -0.25) is 0 Å². The van der Waals surface area contributed by atoms with E-state index in [9.17, 15) is 0 Å². The molecule has 0 saturated heterocycles. The molecule has 36 rings (SSSR count). The smallest absolute Gasteiger partial charge is 0.0540 e. The van der Waals surface area contributed by atoms with E-state index in [1.165, 1.54) is 279 Å². The van der Waals surface area contributed by atoms with E-state index in [2.05, 4.69) is 459 Å². The third-order valence-corrected chi connectivity index (χ3v) is 39.6. The standard InChI is InChI=1S/C50H41N.C47H41N.C46H37N/c1-2-10-35(11-3-1)36-20-22-37(23-21-36)38-24-26-42(27-25-38)51(47-18-8-13-39-12-4-5-14-43(39)47)48-19-9-16-45-44-15-6-7-17-46(44)50(49(45)48)40-29-33-28-34(31-40)32-41(50)30-33;1-46(2)40-17-7-5-15-37(40)39-28-34(21-22-41(39)46)48(43-19-9-12-31-11-3-4-13-35(31)43)44-20-10-16-38-36-14-6-8-18-42(36)47(45(38)44)32-24-29-23-30(26-32)27-33(47)25-29;1-3-12-37-32(10-1)19-20-33-28-36(21-22-38(33)37)47(43-17-7-11-31-9-2-4-13-39(31)43)44-18-8-15-41-40-14-5-6-16-42(40)46(45(41)44)34-24-29-23-30(26-34)27-35(46)25-29/h1-27,33-34,40-41H,28-32H2;3-22,28-30,32-33H,23-27H2,1-2H3;1-22,28-30,34-35H,23-27H2. The molecular formula is C143H119N3. The van der Waals surface area contributed by atoms with Crippen LogP contribution in [0.25, 0.3) is 121 Å². The highest BCUT2D eigenvalue weighted by molar-refractivity contribution is 6.11. The summed E-state index contributed by atoms with van der Waals surface area (Å²) in [6, 6.07) is 164. The fourth-order valence-corrected chi connectivity index (χ4v) is 34.8. The van der Waals surface area contributed by atoms with Gasteiger partial charge in [-0.1, -0.05) is 372 Å². The van der Waals surface area contributed by atoms with Crippen LogP contribution >= 0.6 is 0 Å². The Labute approximate surface area is 858 Å². The van der Waals surface area contributed by atoms with E-state index in [1.807, 2.05) is 0 Å². The van der Waals surface area contributed by atoms with E-state index in [0.29, 0.717) is 35.5 Å². The summed E-state index contributed by atoms with van der Waals surface area (Å²) in [5.74, 6) is 9.70. The summed E-state index contributed by atoms with van der Waals surface area (Å²) < 4.78 is 0. The Morgan fingerprint density at radius 2 is 0.432 bits per heavy atom. The van der Waals surface area contributed by atoms with Gasteiger partial charge >= 0.3 is 0 Å². The Morgan fingerprint density at radius 3 is 0.836 bits per heavy atom. The Hall–Kier alpha value is -14.9. The lowest BCUT2D eigenvalue weighted by atomic mass is 9.43. The molecule has 3 heteroatoms. The van der Waals surface area contributed by atoms with Gasteiger partial charge in [0.05, 0.1) is 34.1 Å². The summed E-state index contributed by atoms with van der Waals surface area (Å²) >= 11 is 0. The van der Waals surface area contributed by atoms with Crippen LogP contribution in [0.15, 0.2) is 431 Å². The summed E-state index contributed by atoms with van der Waals surface area (Å²) in [5, 5.41) is 12.9. The van der Waals surface area contributed by atoms with Crippen LogP contribution in [0, 0.1) is 71.0 Å². The van der Waals surface area contributed by atoms with Gasteiger partial charge < -0.3 is 14.7 Å². The monoisotopic (exact) mass is 1880 g/mol. The number of nitrogens with zero attached hydrogens (tertiary/aromatic N) is 3. The first-order valence-electron chi connectivity index (χ1n) is 55.0. The number of hydrogen-bond acceptors (Lipinski definition) is 3. The van der Waals surface area contributed by atoms with Gasteiger partial charge in [0, 0.05) is 54.9 Å². The Bertz CT molecular complexity index is 8630. The van der Waals surface area contributed by atoms with Crippen molar-refractivity contribution in [2.75, 3.05) is 14.7 Å². The molecule has 20 aromatic rings. The SMILES string of the molecule is CC1(C)c2ccccc2-c2cc(N(c3cccc4c3C3(c5ccccc5-4)C4CC5CC(C4)CC3C5)c3cccc4ccccc34)ccc21.c1ccc(-c2ccc(-c3ccc(N(c4cccc5c4C4(c6ccccc6-5)C5CC6CC(C5)CC4C6)c4cccc5ccccc45)cc3)cc2)cc1.c1ccc2c(c1)-c1cccc(N(c3ccc4c(ccc5ccccc54)c3)c3cccc4ccccc34)c1C21C2CC3CC(C2)CC1C3. The fourth-order valence-electron chi connectivity index (χ4n) is 34.8. The zero-order valence-corrected chi connectivity index (χ0v) is 83.4. The largest absolute Gasteiger partial charge is 0.310 e. The highest BCUT2D eigenvalue weighted by Crippen LogP contribution is 2.76. The summed E-state index contributed by atoms with van der Waals surface area (Å²) in [5.41, 5.74) is 40.7. The van der Waals surface area contributed by atoms with Crippen molar-refractivity contribution in [2.45, 2.75) is 132 Å². The molecular weight excluding hydrogens is 1760 g/mol. The van der Waals surface area contributed by atoms with E-state index in [1.54, 1.807) is 33.4 Å². The van der Waals surface area contributed by atoms with Gasteiger partial charge in [0.25, 0.3) is 0 Å². The predicted octanol–water partition coefficient (Wildman–Crippen LogP) is 38.0. The maximum atomic E-state index is 2.66. The summed E-state index contributed by atoms with van der Waals surface area (Å²) in [4.78, 5) is 7.91. The lowest BCUT2D eigenvalue weighted by molar-refractivity contribution is -0.0397. The quantitative estimate of drug-likeness (QED) is 0.120. The molecule has 0 heterocycles. The number of fused-ring (bicyclic) bond motifs is 18. The number of rotatable bonds is 11. The van der Waals surface area contributed by atoms with Crippen molar-refractivity contribution < 1.29 is 0 Å². The first-order chi connectivity index (χ1) is 72.1. The second kappa shape index (κ2) is 32.8. The molecule has 3 nitrogen and oxygen atoms in total. The molecule has 12 bridgehead atoms. The molecule has 0 aromatic heterocycles. The molecule has 0 radical (unpaired) electrons. The van der Waals surface area contributed by atoms with Crippen molar-refractivity contribution in [3.8, 4) is 66.8 Å². The first kappa shape index (κ1) is 85.5. The maximum Gasteiger partial charge on any atom is 0.0540 e. The van der Waals surface area contributed by atoms with E-state index in [-0.39, 0.29) is 21.7 Å². The van der Waals surface area contributed by atoms with Gasteiger partial charge in [0.2, 0.25) is 0 Å². The van der Waals surface area contributed by atoms with E-state index in [0.717, 1.165) is 35.5 Å². The topological polar surface area (TPSA) is 9.72 Å². The predicted molar refractivity (Wildman–Crippen MR) is 609 cm³/mol. The summed E-state index contributed by atoms with van der Waals surface area (Å²) in [7, 11) is 0. The number of anilines is 9. The van der Waals surface area contributed by atoms with Crippen LogP contribution in [0.5, 0.6) is 0 Å². The van der Waals surface area contributed by atoms with Crippen molar-refractivity contribution in [3.63, 3.8) is 0 Å². The van der Waals surface area contributed by atoms with E-state index >= 15 is 0 Å². The van der Waals surface area contributed by atoms with Gasteiger partial charge in [-0.2, -0.15) is 0 Å². The Balaban J connectivity index is 0.0000000995. The third kappa shape index (κ3) is 12.5.